The zero-order valence-electron chi connectivity index (χ0n) is 10.4. The second kappa shape index (κ2) is 7.59. The molecule has 1 aliphatic heterocycles. The lowest BCUT2D eigenvalue weighted by molar-refractivity contribution is 0.141. The molecule has 102 valence electrons. The van der Waals surface area contributed by atoms with E-state index in [0.29, 0.717) is 0 Å². The van der Waals surface area contributed by atoms with Crippen molar-refractivity contribution in [1.29, 1.82) is 0 Å². The van der Waals surface area contributed by atoms with Crippen LogP contribution in [0.5, 0.6) is 5.75 Å². The Balaban J connectivity index is 0.00000162. The zero-order valence-corrected chi connectivity index (χ0v) is 11.2. The Labute approximate surface area is 114 Å². The smallest absolute Gasteiger partial charge is 0.115 e. The molecule has 2 rings (SSSR count). The van der Waals surface area contributed by atoms with Crippen molar-refractivity contribution in [2.24, 2.45) is 0 Å². The van der Waals surface area contributed by atoms with Gasteiger partial charge in [-0.1, -0.05) is 12.1 Å². The molecule has 1 saturated heterocycles. The third-order valence-electron chi connectivity index (χ3n) is 3.27. The van der Waals surface area contributed by atoms with Gasteiger partial charge in [-0.15, -0.1) is 12.4 Å². The fourth-order valence-electron chi connectivity index (χ4n) is 2.37. The van der Waals surface area contributed by atoms with Gasteiger partial charge in [0, 0.05) is 38.8 Å². The number of nitrogens with one attached hydrogen (secondary N) is 1. The lowest BCUT2D eigenvalue weighted by atomic mass is 10.0. The number of aromatic hydroxyl groups is 1. The van der Waals surface area contributed by atoms with Crippen LogP contribution in [0, 0.1) is 0 Å². The Morgan fingerprint density at radius 1 is 1.17 bits per heavy atom. The first-order valence-corrected chi connectivity index (χ1v) is 6.16. The summed E-state index contributed by atoms with van der Waals surface area (Å²) in [7, 11) is 0. The van der Waals surface area contributed by atoms with Crippen LogP contribution in [0.25, 0.3) is 0 Å². The Kier molecular flexibility index (Phi) is 6.43. The summed E-state index contributed by atoms with van der Waals surface area (Å²) in [6.45, 7) is 4.20. The van der Waals surface area contributed by atoms with Gasteiger partial charge in [-0.3, -0.25) is 4.90 Å². The molecule has 0 bridgehead atoms. The Morgan fingerprint density at radius 3 is 2.33 bits per heavy atom. The molecule has 1 heterocycles. The van der Waals surface area contributed by atoms with Crippen LogP contribution in [0.3, 0.4) is 0 Å². The summed E-state index contributed by atoms with van der Waals surface area (Å²) in [4.78, 5) is 2.39. The van der Waals surface area contributed by atoms with Crippen molar-refractivity contribution in [2.45, 2.75) is 12.5 Å². The normalized spacial score (nSPS) is 18.1. The van der Waals surface area contributed by atoms with E-state index in [9.17, 15) is 10.2 Å². The lowest BCUT2D eigenvalue weighted by Gasteiger charge is -2.35. The molecular weight excluding hydrogens is 252 g/mol. The van der Waals surface area contributed by atoms with Gasteiger partial charge in [0.1, 0.15) is 5.75 Å². The number of nitrogens with zero attached hydrogens (tertiary/aromatic N) is 1. The van der Waals surface area contributed by atoms with E-state index in [1.807, 2.05) is 12.1 Å². The van der Waals surface area contributed by atoms with E-state index in [0.717, 1.165) is 32.6 Å². The number of phenols is 1. The number of rotatable bonds is 4. The summed E-state index contributed by atoms with van der Waals surface area (Å²) in [6.07, 6.45) is 0.741. The van der Waals surface area contributed by atoms with Crippen molar-refractivity contribution in [3.05, 3.63) is 29.8 Å². The predicted molar refractivity (Wildman–Crippen MR) is 74.2 cm³/mol. The number of hydrogen-bond acceptors (Lipinski definition) is 4. The Bertz CT molecular complexity index is 339. The van der Waals surface area contributed by atoms with Crippen molar-refractivity contribution in [3.63, 3.8) is 0 Å². The number of piperazine rings is 1. The van der Waals surface area contributed by atoms with Gasteiger partial charge < -0.3 is 15.5 Å². The number of phenolic OH excluding ortho intramolecular Hbond substituents is 1. The molecule has 1 atom stereocenters. The number of aliphatic hydroxyl groups excluding tert-OH is 1. The van der Waals surface area contributed by atoms with Crippen molar-refractivity contribution >= 4 is 12.4 Å². The third kappa shape index (κ3) is 3.85. The van der Waals surface area contributed by atoms with Crippen LogP contribution in [0.2, 0.25) is 0 Å². The van der Waals surface area contributed by atoms with E-state index in [2.05, 4.69) is 10.2 Å². The van der Waals surface area contributed by atoms with Crippen LogP contribution in [0.4, 0.5) is 0 Å². The summed E-state index contributed by atoms with van der Waals surface area (Å²) in [6, 6.07) is 7.56. The fraction of sp³-hybridized carbons (Fsp3) is 0.538. The van der Waals surface area contributed by atoms with Crippen molar-refractivity contribution in [3.8, 4) is 5.75 Å². The molecule has 0 saturated carbocycles. The first-order valence-electron chi connectivity index (χ1n) is 6.16. The number of benzene rings is 1. The molecule has 0 radical (unpaired) electrons. The molecule has 0 amide bonds. The highest BCUT2D eigenvalue weighted by molar-refractivity contribution is 5.85. The molecule has 18 heavy (non-hydrogen) atoms. The van der Waals surface area contributed by atoms with E-state index in [1.54, 1.807) is 12.1 Å². The molecule has 0 aromatic heterocycles. The van der Waals surface area contributed by atoms with E-state index >= 15 is 0 Å². The van der Waals surface area contributed by atoms with E-state index in [1.165, 1.54) is 5.56 Å². The standard InChI is InChI=1S/C13H20N2O2.ClH/c16-10-5-13(15-8-6-14-7-9-15)11-1-3-12(17)4-2-11;/h1-4,13-14,16-17H,5-10H2;1H/t13-;/m0./s1. The average Bonchev–Trinajstić information content (AvgIpc) is 2.38. The molecule has 1 aliphatic rings. The van der Waals surface area contributed by atoms with E-state index in [-0.39, 0.29) is 30.8 Å². The van der Waals surface area contributed by atoms with Gasteiger partial charge in [-0.05, 0) is 24.1 Å². The van der Waals surface area contributed by atoms with Crippen LogP contribution in [-0.4, -0.2) is 47.9 Å². The van der Waals surface area contributed by atoms with Gasteiger partial charge in [0.15, 0.2) is 0 Å². The van der Waals surface area contributed by atoms with Crippen LogP contribution in [0.1, 0.15) is 18.0 Å². The minimum absolute atomic E-state index is 0. The third-order valence-corrected chi connectivity index (χ3v) is 3.27. The number of aliphatic hydroxyl groups is 1. The highest BCUT2D eigenvalue weighted by atomic mass is 35.5. The summed E-state index contributed by atoms with van der Waals surface area (Å²) in [5.41, 5.74) is 1.17. The monoisotopic (exact) mass is 272 g/mol. The van der Waals surface area contributed by atoms with Crippen LogP contribution >= 0.6 is 12.4 Å². The maximum absolute atomic E-state index is 9.31. The molecular formula is C13H21ClN2O2. The molecule has 0 spiro atoms. The second-order valence-corrected chi connectivity index (χ2v) is 4.41. The van der Waals surface area contributed by atoms with Crippen molar-refractivity contribution in [2.75, 3.05) is 32.8 Å². The van der Waals surface area contributed by atoms with Crippen molar-refractivity contribution < 1.29 is 10.2 Å². The summed E-state index contributed by atoms with van der Waals surface area (Å²) >= 11 is 0. The topological polar surface area (TPSA) is 55.7 Å². The first-order chi connectivity index (χ1) is 8.31. The molecule has 5 heteroatoms. The van der Waals surface area contributed by atoms with Gasteiger partial charge in [-0.25, -0.2) is 0 Å². The number of hydrogen-bond donors (Lipinski definition) is 3. The largest absolute Gasteiger partial charge is 0.508 e. The summed E-state index contributed by atoms with van der Waals surface area (Å²) in [5, 5.41) is 21.8. The Morgan fingerprint density at radius 2 is 1.78 bits per heavy atom. The van der Waals surface area contributed by atoms with Gasteiger partial charge in [-0.2, -0.15) is 0 Å². The van der Waals surface area contributed by atoms with Crippen LogP contribution < -0.4 is 5.32 Å². The van der Waals surface area contributed by atoms with Crippen LogP contribution in [-0.2, 0) is 0 Å². The SMILES string of the molecule is Cl.OCC[C@@H](c1ccc(O)cc1)N1CCNCC1. The highest BCUT2D eigenvalue weighted by Gasteiger charge is 2.21. The maximum Gasteiger partial charge on any atom is 0.115 e. The molecule has 1 fully saturated rings. The minimum atomic E-state index is 0. The average molecular weight is 273 g/mol. The lowest BCUT2D eigenvalue weighted by Crippen LogP contribution is -2.45. The van der Waals surface area contributed by atoms with E-state index in [4.69, 9.17) is 0 Å². The van der Waals surface area contributed by atoms with Gasteiger partial charge in [0.25, 0.3) is 0 Å². The molecule has 4 nitrogen and oxygen atoms in total. The maximum atomic E-state index is 9.31. The quantitative estimate of drug-likeness (QED) is 0.770. The molecule has 0 unspecified atom stereocenters. The van der Waals surface area contributed by atoms with Crippen molar-refractivity contribution in [1.82, 2.24) is 10.2 Å². The first kappa shape index (κ1) is 15.2. The summed E-state index contributed by atoms with van der Waals surface area (Å²) < 4.78 is 0. The van der Waals surface area contributed by atoms with Crippen LogP contribution in [0.15, 0.2) is 24.3 Å². The van der Waals surface area contributed by atoms with E-state index < -0.39 is 0 Å². The highest BCUT2D eigenvalue weighted by Crippen LogP contribution is 2.25. The predicted octanol–water partition coefficient (Wildman–Crippen LogP) is 1.14. The fourth-order valence-corrected chi connectivity index (χ4v) is 2.37. The molecule has 1 aromatic rings. The van der Waals surface area contributed by atoms with Gasteiger partial charge in [0.05, 0.1) is 0 Å². The second-order valence-electron chi connectivity index (χ2n) is 4.41. The Hall–Kier alpha value is -0.810. The molecule has 3 N–H and O–H groups in total. The number of halogens is 1. The molecule has 1 aromatic carbocycles. The zero-order chi connectivity index (χ0) is 12.1. The molecule has 0 aliphatic carbocycles. The van der Waals surface area contributed by atoms with Gasteiger partial charge >= 0.3 is 0 Å². The summed E-state index contributed by atoms with van der Waals surface area (Å²) in [5.74, 6) is 0.289. The van der Waals surface area contributed by atoms with Gasteiger partial charge in [0.2, 0.25) is 0 Å². The minimum Gasteiger partial charge on any atom is -0.508 e.